The number of hydrogen-bond donors (Lipinski definition) is 0. The average molecular weight is 308 g/mol. The number of alkyl halides is 2. The highest BCUT2D eigenvalue weighted by atomic mass is 79.9. The molecule has 0 saturated heterocycles. The first kappa shape index (κ1) is 10.9. The van der Waals surface area contributed by atoms with Gasteiger partial charge in [0.2, 0.25) is 0 Å². The molecule has 0 aliphatic heterocycles. The maximum atomic E-state index is 11.4. The second-order valence-electron chi connectivity index (χ2n) is 2.36. The smallest absolute Gasteiger partial charge is 0.188 e. The predicted molar refractivity (Wildman–Crippen MR) is 58.4 cm³/mol. The van der Waals surface area contributed by atoms with Gasteiger partial charge in [0.25, 0.3) is 0 Å². The summed E-state index contributed by atoms with van der Waals surface area (Å²) in [5, 5.41) is 0. The van der Waals surface area contributed by atoms with E-state index in [1.54, 1.807) is 12.1 Å². The number of benzene rings is 1. The Hall–Kier alpha value is -0.190. The zero-order chi connectivity index (χ0) is 9.68. The summed E-state index contributed by atoms with van der Waals surface area (Å²) in [5.74, 6) is -0.0236. The lowest BCUT2D eigenvalue weighted by Gasteiger charge is -2.03. The molecule has 4 heteroatoms. The first-order chi connectivity index (χ1) is 6.20. The van der Waals surface area contributed by atoms with Crippen LogP contribution in [0.3, 0.4) is 0 Å². The van der Waals surface area contributed by atoms with E-state index in [1.807, 2.05) is 18.2 Å². The van der Waals surface area contributed by atoms with Crippen molar-refractivity contribution in [1.29, 1.82) is 0 Å². The highest BCUT2D eigenvalue weighted by molar-refractivity contribution is 9.24. The van der Waals surface area contributed by atoms with Crippen molar-refractivity contribution in [1.82, 2.24) is 0 Å². The molecule has 0 spiro atoms. The first-order valence-electron chi connectivity index (χ1n) is 3.68. The van der Waals surface area contributed by atoms with E-state index < -0.39 is 0 Å². The molecule has 0 aliphatic carbocycles. The third-order valence-electron chi connectivity index (χ3n) is 1.44. The van der Waals surface area contributed by atoms with Crippen molar-refractivity contribution in [2.45, 2.75) is 3.92 Å². The van der Waals surface area contributed by atoms with Crippen LogP contribution in [0.1, 0.15) is 10.4 Å². The molecule has 1 aromatic carbocycles. The average Bonchev–Trinajstić information content (AvgIpc) is 2.15. The zero-order valence-electron chi connectivity index (χ0n) is 6.74. The summed E-state index contributed by atoms with van der Waals surface area (Å²) in [4.78, 5) is 11.4. The molecule has 0 aromatic heterocycles. The summed E-state index contributed by atoms with van der Waals surface area (Å²) in [6.07, 6.45) is 0. The van der Waals surface area contributed by atoms with Crippen LogP contribution >= 0.6 is 31.9 Å². The molecule has 0 bridgehead atoms. The molecule has 0 aliphatic rings. The molecule has 0 N–H and O–H groups in total. The molecule has 0 saturated carbocycles. The second kappa shape index (κ2) is 5.52. The number of carbonyl (C=O) groups excluding carboxylic acids is 1. The lowest BCUT2D eigenvalue weighted by molar-refractivity contribution is 0.0816. The van der Waals surface area contributed by atoms with Gasteiger partial charge in [-0.05, 0) is 31.9 Å². The quantitative estimate of drug-likeness (QED) is 0.631. The Morgan fingerprint density at radius 3 is 2.46 bits per heavy atom. The SMILES string of the molecule is O=C(COC(Br)Br)c1ccccc1. The molecule has 0 fully saturated rings. The summed E-state index contributed by atoms with van der Waals surface area (Å²) < 4.78 is 4.77. The molecular weight excluding hydrogens is 300 g/mol. The van der Waals surface area contributed by atoms with Gasteiger partial charge in [0.15, 0.2) is 9.71 Å². The highest BCUT2D eigenvalue weighted by Crippen LogP contribution is 2.10. The van der Waals surface area contributed by atoms with E-state index in [0.717, 1.165) is 0 Å². The van der Waals surface area contributed by atoms with E-state index in [9.17, 15) is 4.79 Å². The molecule has 1 aromatic rings. The van der Waals surface area contributed by atoms with Crippen molar-refractivity contribution in [3.8, 4) is 0 Å². The standard InChI is InChI=1S/C9H8Br2O2/c10-9(11)13-6-8(12)7-4-2-1-3-5-7/h1-5,9H,6H2. The Bertz CT molecular complexity index is 272. The van der Waals surface area contributed by atoms with Crippen molar-refractivity contribution in [2.75, 3.05) is 6.61 Å². The number of carbonyl (C=O) groups is 1. The molecule has 13 heavy (non-hydrogen) atoms. The summed E-state index contributed by atoms with van der Waals surface area (Å²) in [7, 11) is 0. The van der Waals surface area contributed by atoms with Gasteiger partial charge in [0, 0.05) is 5.56 Å². The minimum absolute atomic E-state index is 0.0236. The second-order valence-corrected chi connectivity index (χ2v) is 5.25. The number of rotatable bonds is 4. The van der Waals surface area contributed by atoms with E-state index in [1.165, 1.54) is 0 Å². The fraction of sp³-hybridized carbons (Fsp3) is 0.222. The van der Waals surface area contributed by atoms with Crippen molar-refractivity contribution in [2.24, 2.45) is 0 Å². The first-order valence-corrected chi connectivity index (χ1v) is 5.51. The van der Waals surface area contributed by atoms with Crippen molar-refractivity contribution >= 4 is 37.6 Å². The lowest BCUT2D eigenvalue weighted by atomic mass is 10.1. The summed E-state index contributed by atoms with van der Waals surface area (Å²) in [6, 6.07) is 9.06. The van der Waals surface area contributed by atoms with Crippen LogP contribution in [0.15, 0.2) is 30.3 Å². The summed E-state index contributed by atoms with van der Waals surface area (Å²) >= 11 is 6.24. The molecule has 0 unspecified atom stereocenters. The van der Waals surface area contributed by atoms with E-state index >= 15 is 0 Å². The van der Waals surface area contributed by atoms with Gasteiger partial charge in [-0.15, -0.1) is 0 Å². The zero-order valence-corrected chi connectivity index (χ0v) is 9.92. The van der Waals surface area contributed by atoms with Crippen LogP contribution < -0.4 is 0 Å². The Kier molecular flexibility index (Phi) is 4.62. The Morgan fingerprint density at radius 2 is 1.92 bits per heavy atom. The molecule has 0 amide bonds. The number of ether oxygens (including phenoxy) is 1. The van der Waals surface area contributed by atoms with E-state index in [4.69, 9.17) is 4.74 Å². The Balaban J connectivity index is 2.50. The van der Waals surface area contributed by atoms with Gasteiger partial charge < -0.3 is 4.74 Å². The molecular formula is C9H8Br2O2. The van der Waals surface area contributed by atoms with Crippen LogP contribution in [-0.2, 0) is 4.74 Å². The van der Waals surface area contributed by atoms with Crippen molar-refractivity contribution in [3.05, 3.63) is 35.9 Å². The number of ketones is 1. The lowest BCUT2D eigenvalue weighted by Crippen LogP contribution is -2.10. The largest absolute Gasteiger partial charge is 0.348 e. The fourth-order valence-corrected chi connectivity index (χ4v) is 1.11. The monoisotopic (exact) mass is 306 g/mol. The van der Waals surface area contributed by atoms with Crippen LogP contribution in [-0.4, -0.2) is 16.3 Å². The van der Waals surface area contributed by atoms with Crippen LogP contribution in [0.25, 0.3) is 0 Å². The minimum Gasteiger partial charge on any atom is -0.348 e. The van der Waals surface area contributed by atoms with Gasteiger partial charge in [-0.1, -0.05) is 30.3 Å². The highest BCUT2D eigenvalue weighted by Gasteiger charge is 2.06. The van der Waals surface area contributed by atoms with Gasteiger partial charge in [-0.25, -0.2) is 0 Å². The van der Waals surface area contributed by atoms with E-state index in [-0.39, 0.29) is 16.3 Å². The molecule has 0 radical (unpaired) electrons. The van der Waals surface area contributed by atoms with Crippen molar-refractivity contribution < 1.29 is 9.53 Å². The normalized spacial score (nSPS) is 10.4. The summed E-state index contributed by atoms with van der Waals surface area (Å²) in [5.41, 5.74) is 0.670. The van der Waals surface area contributed by atoms with Gasteiger partial charge in [0.05, 0.1) is 0 Å². The fourth-order valence-electron chi connectivity index (χ4n) is 0.846. The molecule has 0 heterocycles. The third-order valence-corrected chi connectivity index (χ3v) is 1.96. The van der Waals surface area contributed by atoms with Crippen LogP contribution in [0.5, 0.6) is 0 Å². The van der Waals surface area contributed by atoms with Crippen LogP contribution in [0.4, 0.5) is 0 Å². The molecule has 0 atom stereocenters. The van der Waals surface area contributed by atoms with Gasteiger partial charge in [0.1, 0.15) is 6.61 Å². The minimum atomic E-state index is -0.271. The summed E-state index contributed by atoms with van der Waals surface area (Å²) in [6.45, 7) is 0.0746. The topological polar surface area (TPSA) is 26.3 Å². The van der Waals surface area contributed by atoms with Crippen LogP contribution in [0.2, 0.25) is 0 Å². The Morgan fingerprint density at radius 1 is 1.31 bits per heavy atom. The van der Waals surface area contributed by atoms with Gasteiger partial charge in [-0.3, -0.25) is 4.79 Å². The van der Waals surface area contributed by atoms with Crippen LogP contribution in [0, 0.1) is 0 Å². The van der Waals surface area contributed by atoms with Gasteiger partial charge >= 0.3 is 0 Å². The predicted octanol–water partition coefficient (Wildman–Crippen LogP) is 2.96. The van der Waals surface area contributed by atoms with E-state index in [0.29, 0.717) is 5.56 Å². The molecule has 70 valence electrons. The van der Waals surface area contributed by atoms with E-state index in [2.05, 4.69) is 31.9 Å². The van der Waals surface area contributed by atoms with Crippen molar-refractivity contribution in [3.63, 3.8) is 0 Å². The number of hydrogen-bond acceptors (Lipinski definition) is 2. The number of halogens is 2. The maximum Gasteiger partial charge on any atom is 0.188 e. The maximum absolute atomic E-state index is 11.4. The molecule has 1 rings (SSSR count). The van der Waals surface area contributed by atoms with Gasteiger partial charge in [-0.2, -0.15) is 0 Å². The third kappa shape index (κ3) is 4.02. The molecule has 2 nitrogen and oxygen atoms in total. The number of Topliss-reactive ketones (excluding diaryl/α,β-unsaturated/α-hetero) is 1. The Labute approximate surface area is 93.5 Å².